The second kappa shape index (κ2) is 11.0. The van der Waals surface area contributed by atoms with Gasteiger partial charge in [-0.05, 0) is 42.5 Å². The number of hydrogen-bond donors (Lipinski definition) is 0. The molecule has 1 saturated heterocycles. The summed E-state index contributed by atoms with van der Waals surface area (Å²) in [5, 5.41) is 0. The zero-order valence-corrected chi connectivity index (χ0v) is 18.4. The molecule has 2 aromatic carbocycles. The fourth-order valence-corrected chi connectivity index (χ4v) is 4.98. The first kappa shape index (κ1) is 22.1. The minimum atomic E-state index is 0. The van der Waals surface area contributed by atoms with E-state index in [0.29, 0.717) is 6.04 Å². The maximum atomic E-state index is 5.37. The molecule has 2 aromatic rings. The molecule has 0 amide bonds. The lowest BCUT2D eigenvalue weighted by Crippen LogP contribution is -2.51. The van der Waals surface area contributed by atoms with Gasteiger partial charge in [-0.25, -0.2) is 0 Å². The zero-order valence-electron chi connectivity index (χ0n) is 17.6. The van der Waals surface area contributed by atoms with E-state index >= 15 is 0 Å². The molecule has 2 aliphatic rings. The Morgan fingerprint density at radius 2 is 1.52 bits per heavy atom. The number of piperazine rings is 1. The molecule has 0 bridgehead atoms. The van der Waals surface area contributed by atoms with Crippen LogP contribution >= 0.6 is 12.4 Å². The van der Waals surface area contributed by atoms with Gasteiger partial charge in [0.25, 0.3) is 0 Å². The monoisotopic (exact) mass is 414 g/mol. The van der Waals surface area contributed by atoms with Crippen LogP contribution in [0.15, 0.2) is 54.6 Å². The summed E-state index contributed by atoms with van der Waals surface area (Å²) in [7, 11) is 1.74. The van der Waals surface area contributed by atoms with Crippen molar-refractivity contribution in [1.82, 2.24) is 9.80 Å². The third kappa shape index (κ3) is 5.75. The van der Waals surface area contributed by atoms with Gasteiger partial charge in [0.05, 0.1) is 7.11 Å². The first-order valence-corrected chi connectivity index (χ1v) is 11.0. The number of rotatable bonds is 6. The van der Waals surface area contributed by atoms with Gasteiger partial charge in [0.15, 0.2) is 0 Å². The summed E-state index contributed by atoms with van der Waals surface area (Å²) < 4.78 is 5.37. The highest BCUT2D eigenvalue weighted by Gasteiger charge is 2.29. The Morgan fingerprint density at radius 1 is 0.862 bits per heavy atom. The standard InChI is InChI=1S/C25H34N2O.ClH/c1-28-24-14-12-22(13-15-24)25(20-21-8-4-2-5-9-21)27-18-16-26(17-19-27)23-10-6-3-7-11-23;/h2,4-5,8-9,12-15,23,25H,3,6-7,10-11,16-20H2,1H3;1H. The van der Waals surface area contributed by atoms with Gasteiger partial charge in [-0.3, -0.25) is 9.80 Å². The van der Waals surface area contributed by atoms with Crippen molar-refractivity contribution in [2.24, 2.45) is 0 Å². The number of hydrogen-bond acceptors (Lipinski definition) is 3. The van der Waals surface area contributed by atoms with Gasteiger partial charge < -0.3 is 4.74 Å². The smallest absolute Gasteiger partial charge is 0.118 e. The van der Waals surface area contributed by atoms with E-state index in [9.17, 15) is 0 Å². The van der Waals surface area contributed by atoms with Crippen LogP contribution in [0.5, 0.6) is 5.75 Å². The lowest BCUT2D eigenvalue weighted by atomic mass is 9.93. The summed E-state index contributed by atoms with van der Waals surface area (Å²) >= 11 is 0. The van der Waals surface area contributed by atoms with Crippen molar-refractivity contribution < 1.29 is 4.74 Å². The topological polar surface area (TPSA) is 15.7 Å². The Balaban J connectivity index is 0.00000240. The van der Waals surface area contributed by atoms with E-state index in [1.54, 1.807) is 7.11 Å². The molecule has 1 saturated carbocycles. The number of nitrogens with zero attached hydrogens (tertiary/aromatic N) is 2. The van der Waals surface area contributed by atoms with E-state index in [1.165, 1.54) is 69.4 Å². The predicted octanol–water partition coefficient (Wildman–Crippen LogP) is 5.35. The highest BCUT2D eigenvalue weighted by Crippen LogP contribution is 2.30. The summed E-state index contributed by atoms with van der Waals surface area (Å²) in [6, 6.07) is 20.9. The molecule has 1 atom stereocenters. The van der Waals surface area contributed by atoms with Gasteiger partial charge in [0.2, 0.25) is 0 Å². The van der Waals surface area contributed by atoms with E-state index in [4.69, 9.17) is 4.74 Å². The molecule has 1 unspecified atom stereocenters. The SMILES string of the molecule is COc1ccc(C(Cc2ccccc2)N2CCN(C3CCCCC3)CC2)cc1.Cl. The van der Waals surface area contributed by atoms with Crippen molar-refractivity contribution in [3.63, 3.8) is 0 Å². The molecule has 4 heteroatoms. The average Bonchev–Trinajstić information content (AvgIpc) is 2.79. The number of methoxy groups -OCH3 is 1. The Hall–Kier alpha value is -1.55. The third-order valence-corrected chi connectivity index (χ3v) is 6.65. The van der Waals surface area contributed by atoms with Gasteiger partial charge >= 0.3 is 0 Å². The largest absolute Gasteiger partial charge is 0.497 e. The number of ether oxygens (including phenoxy) is 1. The zero-order chi connectivity index (χ0) is 19.2. The van der Waals surface area contributed by atoms with Crippen LogP contribution in [0.3, 0.4) is 0 Å². The van der Waals surface area contributed by atoms with Gasteiger partial charge in [-0.15, -0.1) is 12.4 Å². The van der Waals surface area contributed by atoms with E-state index in [2.05, 4.69) is 64.4 Å². The second-order valence-electron chi connectivity index (χ2n) is 8.34. The van der Waals surface area contributed by atoms with Crippen molar-refractivity contribution in [1.29, 1.82) is 0 Å². The molecule has 0 radical (unpaired) electrons. The van der Waals surface area contributed by atoms with Crippen molar-refractivity contribution in [2.45, 2.75) is 50.6 Å². The average molecular weight is 415 g/mol. The van der Waals surface area contributed by atoms with Gasteiger partial charge in [-0.1, -0.05) is 61.7 Å². The third-order valence-electron chi connectivity index (χ3n) is 6.65. The van der Waals surface area contributed by atoms with Crippen LogP contribution in [0.4, 0.5) is 0 Å². The van der Waals surface area contributed by atoms with E-state index in [-0.39, 0.29) is 12.4 Å². The summed E-state index contributed by atoms with van der Waals surface area (Å²) in [5.74, 6) is 0.935. The fourth-order valence-electron chi connectivity index (χ4n) is 4.98. The van der Waals surface area contributed by atoms with Crippen LogP contribution < -0.4 is 4.74 Å². The molecule has 0 aromatic heterocycles. The first-order chi connectivity index (χ1) is 13.8. The fraction of sp³-hybridized carbons (Fsp3) is 0.520. The van der Waals surface area contributed by atoms with Crippen LogP contribution in [-0.2, 0) is 6.42 Å². The number of benzene rings is 2. The summed E-state index contributed by atoms with van der Waals surface area (Å²) in [4.78, 5) is 5.47. The summed E-state index contributed by atoms with van der Waals surface area (Å²) in [6.45, 7) is 4.76. The van der Waals surface area contributed by atoms with Crippen LogP contribution in [0.1, 0.15) is 49.3 Å². The quantitative estimate of drug-likeness (QED) is 0.633. The summed E-state index contributed by atoms with van der Waals surface area (Å²) in [5.41, 5.74) is 2.81. The van der Waals surface area contributed by atoms with Crippen molar-refractivity contribution >= 4 is 12.4 Å². The van der Waals surface area contributed by atoms with Gasteiger partial charge in [0.1, 0.15) is 5.75 Å². The van der Waals surface area contributed by atoms with Crippen LogP contribution in [-0.4, -0.2) is 49.1 Å². The van der Waals surface area contributed by atoms with E-state index in [1.807, 2.05) is 0 Å². The molecule has 158 valence electrons. The highest BCUT2D eigenvalue weighted by molar-refractivity contribution is 5.85. The van der Waals surface area contributed by atoms with Crippen molar-refractivity contribution in [3.8, 4) is 5.75 Å². The second-order valence-corrected chi connectivity index (χ2v) is 8.34. The molecule has 4 rings (SSSR count). The first-order valence-electron chi connectivity index (χ1n) is 11.0. The van der Waals surface area contributed by atoms with Crippen LogP contribution in [0.25, 0.3) is 0 Å². The molecule has 1 aliphatic heterocycles. The van der Waals surface area contributed by atoms with E-state index in [0.717, 1.165) is 18.2 Å². The summed E-state index contributed by atoms with van der Waals surface area (Å²) in [6.07, 6.45) is 8.17. The van der Waals surface area contributed by atoms with Crippen LogP contribution in [0, 0.1) is 0 Å². The van der Waals surface area contributed by atoms with Gasteiger partial charge in [0, 0.05) is 38.3 Å². The Labute approximate surface area is 182 Å². The lowest BCUT2D eigenvalue weighted by Gasteiger charge is -2.43. The molecular weight excluding hydrogens is 380 g/mol. The normalized spacial score (nSPS) is 20.0. The highest BCUT2D eigenvalue weighted by atomic mass is 35.5. The molecule has 29 heavy (non-hydrogen) atoms. The molecule has 1 heterocycles. The number of halogens is 1. The molecule has 2 fully saturated rings. The molecule has 3 nitrogen and oxygen atoms in total. The lowest BCUT2D eigenvalue weighted by molar-refractivity contribution is 0.0559. The van der Waals surface area contributed by atoms with Crippen molar-refractivity contribution in [3.05, 3.63) is 65.7 Å². The maximum Gasteiger partial charge on any atom is 0.118 e. The van der Waals surface area contributed by atoms with Gasteiger partial charge in [-0.2, -0.15) is 0 Å². The Bertz CT molecular complexity index is 707. The molecular formula is C25H35ClN2O. The van der Waals surface area contributed by atoms with Crippen LogP contribution in [0.2, 0.25) is 0 Å². The molecule has 0 spiro atoms. The Morgan fingerprint density at radius 3 is 2.14 bits per heavy atom. The minimum absolute atomic E-state index is 0. The molecule has 1 aliphatic carbocycles. The Kier molecular flexibility index (Phi) is 8.40. The minimum Gasteiger partial charge on any atom is -0.497 e. The van der Waals surface area contributed by atoms with E-state index < -0.39 is 0 Å². The molecule has 0 N–H and O–H groups in total. The van der Waals surface area contributed by atoms with Crippen molar-refractivity contribution in [2.75, 3.05) is 33.3 Å². The predicted molar refractivity (Wildman–Crippen MR) is 123 cm³/mol. The maximum absolute atomic E-state index is 5.37.